The summed E-state index contributed by atoms with van der Waals surface area (Å²) >= 11 is 0. The molecule has 0 saturated carbocycles. The second-order valence-electron chi connectivity index (χ2n) is 5.43. The van der Waals surface area contributed by atoms with E-state index in [0.717, 1.165) is 0 Å². The van der Waals surface area contributed by atoms with Gasteiger partial charge in [-0.2, -0.15) is 0 Å². The molecule has 0 aromatic rings. The number of carbonyl (C=O) groups is 4. The minimum Gasteiger partial charge on any atom is -0.480 e. The van der Waals surface area contributed by atoms with Crippen molar-refractivity contribution < 1.29 is 24.3 Å². The van der Waals surface area contributed by atoms with Gasteiger partial charge in [0.25, 0.3) is 0 Å². The predicted octanol–water partition coefficient (Wildman–Crippen LogP) is -1.43. The second-order valence-corrected chi connectivity index (χ2v) is 5.43. The van der Waals surface area contributed by atoms with Crippen LogP contribution in [0.5, 0.6) is 0 Å². The number of carboxylic acid groups (broad SMARTS) is 1. The fraction of sp³-hybridized carbons (Fsp3) is 0.714. The summed E-state index contributed by atoms with van der Waals surface area (Å²) in [6, 6.07) is -2.82. The van der Waals surface area contributed by atoms with E-state index in [1.807, 2.05) is 6.92 Å². The lowest BCUT2D eigenvalue weighted by Crippen LogP contribution is -2.55. The van der Waals surface area contributed by atoms with Gasteiger partial charge in [0.2, 0.25) is 17.7 Å². The molecule has 132 valence electrons. The summed E-state index contributed by atoms with van der Waals surface area (Å²) in [5.74, 6) is -3.04. The van der Waals surface area contributed by atoms with Crippen molar-refractivity contribution >= 4 is 23.7 Å². The highest BCUT2D eigenvalue weighted by Gasteiger charge is 2.28. The predicted molar refractivity (Wildman–Crippen MR) is 83.3 cm³/mol. The van der Waals surface area contributed by atoms with E-state index in [1.165, 1.54) is 13.8 Å². The summed E-state index contributed by atoms with van der Waals surface area (Å²) < 4.78 is 0. The van der Waals surface area contributed by atoms with E-state index >= 15 is 0 Å². The second kappa shape index (κ2) is 9.78. The van der Waals surface area contributed by atoms with Gasteiger partial charge < -0.3 is 26.8 Å². The van der Waals surface area contributed by atoms with Crippen LogP contribution in [0.15, 0.2) is 0 Å². The Balaban J connectivity index is 4.62. The zero-order valence-corrected chi connectivity index (χ0v) is 13.9. The molecule has 0 aromatic heterocycles. The molecule has 0 aliphatic rings. The lowest BCUT2D eigenvalue weighted by molar-refractivity contribution is -0.143. The SMILES string of the molecule is CCC(C)C(NC(=O)C(C)NC(=O)C(C)NC(=O)CN)C(=O)O. The fourth-order valence-corrected chi connectivity index (χ4v) is 1.73. The highest BCUT2D eigenvalue weighted by molar-refractivity contribution is 5.93. The van der Waals surface area contributed by atoms with E-state index in [4.69, 9.17) is 10.8 Å². The molecule has 0 heterocycles. The summed E-state index contributed by atoms with van der Waals surface area (Å²) in [5, 5.41) is 16.3. The molecule has 9 heteroatoms. The standard InChI is InChI=1S/C14H26N4O5/c1-5-7(2)11(14(22)23)18-13(21)9(4)17-12(20)8(3)16-10(19)6-15/h7-9,11H,5-6,15H2,1-4H3,(H,16,19)(H,17,20)(H,18,21)(H,22,23). The number of nitrogens with one attached hydrogen (secondary N) is 3. The summed E-state index contributed by atoms with van der Waals surface area (Å²) in [6.45, 7) is 6.17. The Kier molecular flexibility index (Phi) is 8.86. The average molecular weight is 330 g/mol. The Labute approximate surface area is 135 Å². The molecule has 23 heavy (non-hydrogen) atoms. The van der Waals surface area contributed by atoms with Crippen molar-refractivity contribution in [3.63, 3.8) is 0 Å². The van der Waals surface area contributed by atoms with Gasteiger partial charge in [0, 0.05) is 0 Å². The Morgan fingerprint density at radius 1 is 0.957 bits per heavy atom. The minimum atomic E-state index is -1.13. The summed E-state index contributed by atoms with van der Waals surface area (Å²) in [4.78, 5) is 46.2. The molecule has 0 fully saturated rings. The van der Waals surface area contributed by atoms with Crippen LogP contribution in [-0.4, -0.2) is 53.5 Å². The largest absolute Gasteiger partial charge is 0.480 e. The van der Waals surface area contributed by atoms with Crippen LogP contribution in [0, 0.1) is 5.92 Å². The molecular weight excluding hydrogens is 304 g/mol. The zero-order valence-electron chi connectivity index (χ0n) is 13.9. The monoisotopic (exact) mass is 330 g/mol. The van der Waals surface area contributed by atoms with E-state index < -0.39 is 41.8 Å². The Bertz CT molecular complexity index is 454. The highest BCUT2D eigenvalue weighted by Crippen LogP contribution is 2.08. The zero-order chi connectivity index (χ0) is 18.2. The van der Waals surface area contributed by atoms with Gasteiger partial charge in [0.1, 0.15) is 18.1 Å². The normalized spacial score (nSPS) is 15.7. The van der Waals surface area contributed by atoms with E-state index in [2.05, 4.69) is 16.0 Å². The molecule has 4 atom stereocenters. The van der Waals surface area contributed by atoms with Crippen molar-refractivity contribution in [2.75, 3.05) is 6.54 Å². The first kappa shape index (κ1) is 20.8. The van der Waals surface area contributed by atoms with Crippen molar-refractivity contribution in [3.05, 3.63) is 0 Å². The van der Waals surface area contributed by atoms with E-state index in [1.54, 1.807) is 6.92 Å². The topological polar surface area (TPSA) is 151 Å². The van der Waals surface area contributed by atoms with Crippen LogP contribution in [0.25, 0.3) is 0 Å². The van der Waals surface area contributed by atoms with Gasteiger partial charge >= 0.3 is 5.97 Å². The molecule has 0 aliphatic heterocycles. The summed E-state index contributed by atoms with van der Waals surface area (Å²) in [7, 11) is 0. The van der Waals surface area contributed by atoms with Crippen LogP contribution in [0.2, 0.25) is 0 Å². The maximum absolute atomic E-state index is 12.0. The number of carbonyl (C=O) groups excluding carboxylic acids is 3. The number of nitrogens with two attached hydrogens (primary N) is 1. The number of carboxylic acids is 1. The van der Waals surface area contributed by atoms with Crippen LogP contribution in [0.3, 0.4) is 0 Å². The maximum Gasteiger partial charge on any atom is 0.326 e. The average Bonchev–Trinajstić information content (AvgIpc) is 2.50. The molecule has 4 unspecified atom stereocenters. The maximum atomic E-state index is 12.0. The van der Waals surface area contributed by atoms with Gasteiger partial charge in [-0.1, -0.05) is 20.3 Å². The molecule has 6 N–H and O–H groups in total. The lowest BCUT2D eigenvalue weighted by atomic mass is 9.99. The minimum absolute atomic E-state index is 0.247. The first-order valence-electron chi connectivity index (χ1n) is 7.46. The molecule has 0 aromatic carbocycles. The first-order chi connectivity index (χ1) is 10.6. The molecule has 0 aliphatic carbocycles. The van der Waals surface area contributed by atoms with Crippen molar-refractivity contribution in [3.8, 4) is 0 Å². The van der Waals surface area contributed by atoms with Crippen LogP contribution < -0.4 is 21.7 Å². The molecule has 0 rings (SSSR count). The Morgan fingerprint density at radius 3 is 1.87 bits per heavy atom. The van der Waals surface area contributed by atoms with Gasteiger partial charge in [-0.25, -0.2) is 4.79 Å². The fourth-order valence-electron chi connectivity index (χ4n) is 1.73. The van der Waals surface area contributed by atoms with Crippen molar-refractivity contribution in [1.82, 2.24) is 16.0 Å². The lowest BCUT2D eigenvalue weighted by Gasteiger charge is -2.23. The Hall–Kier alpha value is -2.16. The molecule has 3 amide bonds. The summed E-state index contributed by atoms with van der Waals surface area (Å²) in [6.07, 6.45) is 0.583. The molecule has 0 saturated heterocycles. The van der Waals surface area contributed by atoms with Gasteiger partial charge in [-0.05, 0) is 19.8 Å². The third-order valence-electron chi connectivity index (χ3n) is 3.49. The van der Waals surface area contributed by atoms with E-state index in [0.29, 0.717) is 6.42 Å². The first-order valence-corrected chi connectivity index (χ1v) is 7.46. The van der Waals surface area contributed by atoms with Gasteiger partial charge in [-0.3, -0.25) is 14.4 Å². The van der Waals surface area contributed by atoms with Crippen molar-refractivity contribution in [2.24, 2.45) is 11.7 Å². The van der Waals surface area contributed by atoms with Crippen LogP contribution >= 0.6 is 0 Å². The van der Waals surface area contributed by atoms with Gasteiger partial charge in [0.15, 0.2) is 0 Å². The third-order valence-corrected chi connectivity index (χ3v) is 3.49. The quantitative estimate of drug-likeness (QED) is 0.350. The molecule has 9 nitrogen and oxygen atoms in total. The third kappa shape index (κ3) is 7.09. The van der Waals surface area contributed by atoms with E-state index in [9.17, 15) is 19.2 Å². The number of rotatable bonds is 9. The highest BCUT2D eigenvalue weighted by atomic mass is 16.4. The smallest absolute Gasteiger partial charge is 0.326 e. The molecule has 0 radical (unpaired) electrons. The number of aliphatic carboxylic acids is 1. The van der Waals surface area contributed by atoms with Crippen LogP contribution in [-0.2, 0) is 19.2 Å². The number of amides is 3. The number of hydrogen-bond acceptors (Lipinski definition) is 5. The van der Waals surface area contributed by atoms with Crippen LogP contribution in [0.1, 0.15) is 34.1 Å². The molecule has 0 bridgehead atoms. The van der Waals surface area contributed by atoms with Gasteiger partial charge in [-0.15, -0.1) is 0 Å². The summed E-state index contributed by atoms with van der Waals surface area (Å²) in [5.41, 5.74) is 5.13. The van der Waals surface area contributed by atoms with E-state index in [-0.39, 0.29) is 12.5 Å². The Morgan fingerprint density at radius 2 is 1.43 bits per heavy atom. The van der Waals surface area contributed by atoms with Crippen molar-refractivity contribution in [2.45, 2.75) is 52.2 Å². The van der Waals surface area contributed by atoms with Gasteiger partial charge in [0.05, 0.1) is 6.54 Å². The van der Waals surface area contributed by atoms with Crippen molar-refractivity contribution in [1.29, 1.82) is 0 Å². The number of hydrogen-bond donors (Lipinski definition) is 5. The molecule has 0 spiro atoms. The van der Waals surface area contributed by atoms with Crippen LogP contribution in [0.4, 0.5) is 0 Å². The molecular formula is C14H26N4O5.